The molecule has 0 unspecified atom stereocenters. The van der Waals surface area contributed by atoms with E-state index < -0.39 is 46.4 Å². The number of rotatable bonds is 9. The van der Waals surface area contributed by atoms with Crippen LogP contribution in [0.3, 0.4) is 0 Å². The number of amides is 1. The average molecular weight is 889 g/mol. The highest BCUT2D eigenvalue weighted by Gasteiger charge is 2.31. The number of carbonyl (C=O) groups is 5. The molecule has 4 fully saturated rings. The third-order valence-electron chi connectivity index (χ3n) is 11.1. The summed E-state index contributed by atoms with van der Waals surface area (Å²) in [6, 6.07) is 2.45. The Morgan fingerprint density at radius 3 is 1.42 bits per heavy atom. The number of nitrogens with two attached hydrogens (primary N) is 1. The molecule has 0 spiro atoms. The van der Waals surface area contributed by atoms with Crippen LogP contribution in [0.1, 0.15) is 105 Å². The molecule has 18 nitrogen and oxygen atoms in total. The zero-order valence-corrected chi connectivity index (χ0v) is 35.7. The summed E-state index contributed by atoms with van der Waals surface area (Å²) in [7, 11) is 0. The lowest BCUT2D eigenvalue weighted by Crippen LogP contribution is -2.33. The van der Waals surface area contributed by atoms with Gasteiger partial charge in [-0.05, 0) is 63.5 Å². The maximum atomic E-state index is 14.9. The molecule has 0 bridgehead atoms. The van der Waals surface area contributed by atoms with Crippen LogP contribution in [0.4, 0.5) is 20.4 Å². The maximum absolute atomic E-state index is 14.9. The molecule has 0 aromatic carbocycles. The minimum atomic E-state index is -1.32. The van der Waals surface area contributed by atoms with Gasteiger partial charge in [-0.25, -0.2) is 28.3 Å². The summed E-state index contributed by atoms with van der Waals surface area (Å²) in [5, 5.41) is 21.4. The molecule has 2 saturated heterocycles. The quantitative estimate of drug-likeness (QED) is 0.103. The smallest absolute Gasteiger partial charge is 0.341 e. The first-order valence-electron chi connectivity index (χ1n) is 20.9. The van der Waals surface area contributed by atoms with E-state index in [4.69, 9.17) is 5.73 Å². The third kappa shape index (κ3) is 11.2. The largest absolute Gasteiger partial charge is 0.477 e. The van der Waals surface area contributed by atoms with Gasteiger partial charge in [-0.3, -0.25) is 24.0 Å². The van der Waals surface area contributed by atoms with Gasteiger partial charge in [0.1, 0.15) is 22.4 Å². The molecule has 2 aliphatic heterocycles. The van der Waals surface area contributed by atoms with Gasteiger partial charge in [0, 0.05) is 84.5 Å². The Kier molecular flexibility index (Phi) is 14.7. The van der Waals surface area contributed by atoms with E-state index in [2.05, 4.69) is 20.0 Å². The Balaban J connectivity index is 0.000000186. The number of aromatic nitrogens is 4. The fraction of sp³-hybridized carbons (Fsp3) is 0.432. The van der Waals surface area contributed by atoms with Crippen molar-refractivity contribution in [2.45, 2.75) is 84.2 Å². The molecule has 20 heteroatoms. The van der Waals surface area contributed by atoms with Crippen LogP contribution >= 0.6 is 0 Å². The molecule has 0 radical (unpaired) electrons. The van der Waals surface area contributed by atoms with E-state index in [1.165, 1.54) is 44.3 Å². The maximum Gasteiger partial charge on any atom is 0.341 e. The van der Waals surface area contributed by atoms with Crippen molar-refractivity contribution >= 4 is 63.5 Å². The van der Waals surface area contributed by atoms with E-state index in [1.54, 1.807) is 9.13 Å². The molecule has 4 aromatic heterocycles. The van der Waals surface area contributed by atoms with Crippen LogP contribution in [0, 0.1) is 11.6 Å². The van der Waals surface area contributed by atoms with Crippen molar-refractivity contribution in [1.82, 2.24) is 24.4 Å². The Morgan fingerprint density at radius 2 is 1.11 bits per heavy atom. The zero-order valence-electron chi connectivity index (χ0n) is 35.7. The number of esters is 2. The van der Waals surface area contributed by atoms with Crippen LogP contribution in [-0.4, -0.2) is 98.4 Å². The van der Waals surface area contributed by atoms with E-state index in [1.807, 2.05) is 22.0 Å². The number of carboxylic acids is 2. The lowest BCUT2D eigenvalue weighted by atomic mass is 10.0. The molecule has 64 heavy (non-hydrogen) atoms. The number of anilines is 2. The summed E-state index contributed by atoms with van der Waals surface area (Å²) in [5.41, 5.74) is 6.57. The molecule has 2 aliphatic carbocycles. The highest BCUT2D eigenvalue weighted by molar-refractivity contribution is 5.93. The fourth-order valence-electron chi connectivity index (χ4n) is 7.61. The van der Waals surface area contributed by atoms with Crippen molar-refractivity contribution in [3.05, 3.63) is 91.0 Å². The normalized spacial score (nSPS) is 16.0. The molecule has 8 rings (SSSR count). The number of nitrogens with zero attached hydrogens (tertiary/aromatic N) is 6. The lowest BCUT2D eigenvalue weighted by Gasteiger charge is -2.30. The molecule has 340 valence electrons. The number of aromatic carboxylic acids is 2. The predicted octanol–water partition coefficient (Wildman–Crippen LogP) is 4.38. The summed E-state index contributed by atoms with van der Waals surface area (Å²) in [6.45, 7) is 7.21. The van der Waals surface area contributed by atoms with E-state index in [0.29, 0.717) is 50.6 Å². The molecule has 0 atom stereocenters. The molecule has 2 saturated carbocycles. The number of hydrogen-bond donors (Lipinski definition) is 4. The van der Waals surface area contributed by atoms with Gasteiger partial charge < -0.3 is 44.9 Å². The minimum Gasteiger partial charge on any atom is -0.477 e. The van der Waals surface area contributed by atoms with Crippen LogP contribution in [0.2, 0.25) is 0 Å². The summed E-state index contributed by atoms with van der Waals surface area (Å²) in [5.74, 6) is -4.68. The van der Waals surface area contributed by atoms with Gasteiger partial charge in [-0.2, -0.15) is 0 Å². The topological polar surface area (TPSA) is 249 Å². The number of piperidine rings is 2. The molecule has 4 aliphatic rings. The van der Waals surface area contributed by atoms with Crippen LogP contribution in [0.5, 0.6) is 0 Å². The van der Waals surface area contributed by atoms with E-state index >= 15 is 0 Å². The van der Waals surface area contributed by atoms with Gasteiger partial charge in [0.05, 0.1) is 10.8 Å². The van der Waals surface area contributed by atoms with Crippen molar-refractivity contribution in [1.29, 1.82) is 0 Å². The van der Waals surface area contributed by atoms with E-state index in [0.717, 1.165) is 63.5 Å². The summed E-state index contributed by atoms with van der Waals surface area (Å²) >= 11 is 0. The second kappa shape index (κ2) is 20.1. The number of hydrogen-bond acceptors (Lipinski definition) is 13. The van der Waals surface area contributed by atoms with Crippen LogP contribution in [-0.2, 0) is 19.1 Å². The Hall–Kier alpha value is -6.83. The number of ether oxygens (including phenoxy) is 1. The Bertz CT molecular complexity index is 2670. The molecule has 5 N–H and O–H groups in total. The molecule has 1 amide bonds. The second-order valence-electron chi connectivity index (χ2n) is 15.9. The van der Waals surface area contributed by atoms with Gasteiger partial charge in [-0.15, -0.1) is 0 Å². The zero-order chi connectivity index (χ0) is 46.4. The summed E-state index contributed by atoms with van der Waals surface area (Å²) in [6.07, 6.45) is 13.2. The van der Waals surface area contributed by atoms with Crippen LogP contribution in [0.25, 0.3) is 22.1 Å². The van der Waals surface area contributed by atoms with Crippen molar-refractivity contribution in [2.24, 2.45) is 5.73 Å². The highest BCUT2D eigenvalue weighted by Crippen LogP contribution is 2.38. The first kappa shape index (κ1) is 46.7. The average Bonchev–Trinajstić information content (AvgIpc) is 4.18. The molecular weight excluding hydrogens is 839 g/mol. The number of pyridine rings is 4. The van der Waals surface area contributed by atoms with Crippen LogP contribution in [0.15, 0.2) is 57.4 Å². The van der Waals surface area contributed by atoms with Crippen molar-refractivity contribution in [3.63, 3.8) is 0 Å². The molecule has 4 aromatic rings. The number of nitrogens with one attached hydrogen (secondary N) is 1. The van der Waals surface area contributed by atoms with E-state index in [-0.39, 0.29) is 51.5 Å². The van der Waals surface area contributed by atoms with Gasteiger partial charge in [0.15, 0.2) is 23.3 Å². The number of fused-ring (bicyclic) bond motifs is 2. The van der Waals surface area contributed by atoms with Gasteiger partial charge in [0.2, 0.25) is 16.8 Å². The van der Waals surface area contributed by atoms with Crippen molar-refractivity contribution in [2.75, 3.05) is 49.1 Å². The monoisotopic (exact) mass is 888 g/mol. The third-order valence-corrected chi connectivity index (χ3v) is 11.1. The van der Waals surface area contributed by atoms with Crippen molar-refractivity contribution < 1.29 is 47.7 Å². The number of carboxylic acid groups (broad SMARTS) is 2. The minimum absolute atomic E-state index is 0.00375. The Labute approximate surface area is 365 Å². The van der Waals surface area contributed by atoms with Gasteiger partial charge >= 0.3 is 23.9 Å². The predicted molar refractivity (Wildman–Crippen MR) is 232 cm³/mol. The number of carbonyl (C=O) groups excluding carboxylic acids is 3. The fourth-order valence-corrected chi connectivity index (χ4v) is 7.61. The number of halogens is 2. The standard InChI is InChI=1S/C21H23FN4O4.C19H21FN4O3.C4H6O3/c1-12(27)23-7-4-13-5-8-25(9-6-13)20-17(22)10-15-18(28)16(21(29)30)11-26(14-2-3-14)19(15)24-20;20-15-9-13-16(25)14(19(26)27)10-24(12-1-2-12)17(13)22-18(15)23-7-4-11(3-6-21)5-8-23;1-3(5)7-4(2)6/h4,10-11,14H,2-3,5-9H2,1H3,(H,23,27)(H,29,30);3,9-10,12H,1-2,4-8,21H2,(H,26,27);1-2H3. The first-order valence-corrected chi connectivity index (χ1v) is 20.9. The summed E-state index contributed by atoms with van der Waals surface area (Å²) < 4.78 is 37.1. The first-order chi connectivity index (χ1) is 30.5. The second-order valence-corrected chi connectivity index (χ2v) is 15.9. The molecule has 6 heterocycles. The van der Waals surface area contributed by atoms with Gasteiger partial charge in [0.25, 0.3) is 0 Å². The Morgan fingerprint density at radius 1 is 0.719 bits per heavy atom. The lowest BCUT2D eigenvalue weighted by molar-refractivity contribution is -0.156. The van der Waals surface area contributed by atoms with Gasteiger partial charge in [-0.1, -0.05) is 23.3 Å². The SMILES string of the molecule is CC(=O)NCC=C1CCN(c2nc3c(cc2F)c(=O)c(C(=O)O)cn3C2CC2)CC1.CC(=O)OC(C)=O.NCC=C1CCN(c2nc3c(cc2F)c(=O)c(C(=O)O)cn3C2CC2)CC1. The highest BCUT2D eigenvalue weighted by atomic mass is 19.1. The van der Waals surface area contributed by atoms with E-state index in [9.17, 15) is 52.6 Å². The molecular formula is C44H50F2N8O10. The van der Waals surface area contributed by atoms with Crippen molar-refractivity contribution in [3.8, 4) is 0 Å². The summed E-state index contributed by atoms with van der Waals surface area (Å²) in [4.78, 5) is 91.1. The van der Waals surface area contributed by atoms with Crippen LogP contribution < -0.4 is 31.7 Å².